The summed E-state index contributed by atoms with van der Waals surface area (Å²) in [7, 11) is 0. The molecule has 0 fully saturated rings. The summed E-state index contributed by atoms with van der Waals surface area (Å²) >= 11 is 1.41. The Balaban J connectivity index is 1.51. The van der Waals surface area contributed by atoms with Crippen molar-refractivity contribution in [3.8, 4) is 0 Å². The van der Waals surface area contributed by atoms with Crippen molar-refractivity contribution in [3.63, 3.8) is 0 Å². The number of hydrogen-bond acceptors (Lipinski definition) is 3. The number of nitrogens with one attached hydrogen (secondary N) is 2. The lowest BCUT2D eigenvalue weighted by molar-refractivity contribution is -0.112. The SMILES string of the molecule is C[C@H](NC(=O)c1ccc2c(c1)NC(=O)/C(=C/c1ccccc1)S2)c1ccccc1. The van der Waals surface area contributed by atoms with Crippen LogP contribution in [0.5, 0.6) is 0 Å². The molecular weight excluding hydrogens is 380 g/mol. The van der Waals surface area contributed by atoms with Crippen LogP contribution in [0.3, 0.4) is 0 Å². The van der Waals surface area contributed by atoms with E-state index in [4.69, 9.17) is 0 Å². The zero-order chi connectivity index (χ0) is 20.2. The van der Waals surface area contributed by atoms with Crippen molar-refractivity contribution in [1.82, 2.24) is 5.32 Å². The lowest BCUT2D eigenvalue weighted by atomic mass is 10.1. The van der Waals surface area contributed by atoms with Gasteiger partial charge in [0.15, 0.2) is 0 Å². The summed E-state index contributed by atoms with van der Waals surface area (Å²) in [4.78, 5) is 26.7. The minimum Gasteiger partial charge on any atom is -0.346 e. The van der Waals surface area contributed by atoms with Gasteiger partial charge in [-0.1, -0.05) is 72.4 Å². The minimum absolute atomic E-state index is 0.107. The number of carbonyl (C=O) groups excluding carboxylic acids is 2. The van der Waals surface area contributed by atoms with Gasteiger partial charge in [-0.3, -0.25) is 9.59 Å². The topological polar surface area (TPSA) is 58.2 Å². The Morgan fingerprint density at radius 3 is 2.41 bits per heavy atom. The van der Waals surface area contributed by atoms with E-state index in [-0.39, 0.29) is 17.9 Å². The predicted octanol–water partition coefficient (Wildman–Crippen LogP) is 5.26. The van der Waals surface area contributed by atoms with Crippen LogP contribution in [0.4, 0.5) is 5.69 Å². The van der Waals surface area contributed by atoms with Crippen molar-refractivity contribution in [3.05, 3.63) is 100 Å². The van der Waals surface area contributed by atoms with Gasteiger partial charge in [0.05, 0.1) is 16.6 Å². The standard InChI is InChI=1S/C24H20N2O2S/c1-16(18-10-6-3-7-11-18)25-23(27)19-12-13-21-20(15-19)26-24(28)22(29-21)14-17-8-4-2-5-9-17/h2-16H,1H3,(H,25,27)(H,26,28)/b22-14-/t16-/m0/s1. The number of hydrogen-bond donors (Lipinski definition) is 2. The Bertz CT molecular complexity index is 1080. The maximum Gasteiger partial charge on any atom is 0.262 e. The van der Waals surface area contributed by atoms with E-state index in [9.17, 15) is 9.59 Å². The summed E-state index contributed by atoms with van der Waals surface area (Å²) in [6.45, 7) is 1.95. The third kappa shape index (κ3) is 4.41. The van der Waals surface area contributed by atoms with Gasteiger partial charge in [-0.05, 0) is 42.3 Å². The van der Waals surface area contributed by atoms with E-state index in [0.717, 1.165) is 16.0 Å². The monoisotopic (exact) mass is 400 g/mol. The van der Waals surface area contributed by atoms with Gasteiger partial charge in [-0.25, -0.2) is 0 Å². The summed E-state index contributed by atoms with van der Waals surface area (Å²) in [5.41, 5.74) is 3.19. The van der Waals surface area contributed by atoms with E-state index >= 15 is 0 Å². The van der Waals surface area contributed by atoms with Crippen molar-refractivity contribution in [1.29, 1.82) is 0 Å². The lowest BCUT2D eigenvalue weighted by Crippen LogP contribution is -2.27. The molecule has 3 aromatic carbocycles. The molecule has 0 bridgehead atoms. The molecule has 1 heterocycles. The van der Waals surface area contributed by atoms with Gasteiger partial charge in [0.25, 0.3) is 11.8 Å². The Morgan fingerprint density at radius 1 is 1.00 bits per heavy atom. The van der Waals surface area contributed by atoms with E-state index in [1.807, 2.05) is 79.7 Å². The Labute approximate surface area is 174 Å². The molecular formula is C24H20N2O2S. The molecule has 0 aromatic heterocycles. The highest BCUT2D eigenvalue weighted by Gasteiger charge is 2.22. The summed E-state index contributed by atoms with van der Waals surface area (Å²) in [5, 5.41) is 5.90. The second-order valence-corrected chi connectivity index (χ2v) is 7.88. The molecule has 29 heavy (non-hydrogen) atoms. The number of anilines is 1. The maximum absolute atomic E-state index is 12.7. The van der Waals surface area contributed by atoms with Crippen LogP contribution in [0.1, 0.15) is 34.5 Å². The molecule has 0 aliphatic carbocycles. The number of amides is 2. The molecule has 5 heteroatoms. The smallest absolute Gasteiger partial charge is 0.262 e. The highest BCUT2D eigenvalue weighted by molar-refractivity contribution is 8.04. The molecule has 1 atom stereocenters. The average Bonchev–Trinajstić information content (AvgIpc) is 2.75. The number of thioether (sulfide) groups is 1. The summed E-state index contributed by atoms with van der Waals surface area (Å²) in [6.07, 6.45) is 1.87. The normalized spacial score (nSPS) is 15.3. The van der Waals surface area contributed by atoms with E-state index < -0.39 is 0 Å². The molecule has 144 valence electrons. The zero-order valence-corrected chi connectivity index (χ0v) is 16.7. The van der Waals surface area contributed by atoms with Gasteiger partial charge in [0.2, 0.25) is 0 Å². The molecule has 2 N–H and O–H groups in total. The first-order valence-electron chi connectivity index (χ1n) is 9.36. The van der Waals surface area contributed by atoms with Crippen LogP contribution in [0.2, 0.25) is 0 Å². The number of rotatable bonds is 4. The second kappa shape index (κ2) is 8.37. The number of benzene rings is 3. The van der Waals surface area contributed by atoms with Crippen LogP contribution >= 0.6 is 11.8 Å². The molecule has 0 unspecified atom stereocenters. The van der Waals surface area contributed by atoms with Crippen LogP contribution in [0, 0.1) is 0 Å². The molecule has 4 rings (SSSR count). The molecule has 0 radical (unpaired) electrons. The molecule has 1 aliphatic heterocycles. The highest BCUT2D eigenvalue weighted by atomic mass is 32.2. The Morgan fingerprint density at radius 2 is 1.69 bits per heavy atom. The van der Waals surface area contributed by atoms with E-state index in [1.165, 1.54) is 11.8 Å². The molecule has 2 amide bonds. The maximum atomic E-state index is 12.7. The number of fused-ring (bicyclic) bond motifs is 1. The van der Waals surface area contributed by atoms with Gasteiger partial charge in [0.1, 0.15) is 0 Å². The summed E-state index contributed by atoms with van der Waals surface area (Å²) in [6, 6.07) is 24.8. The Hall–Kier alpha value is -3.31. The lowest BCUT2D eigenvalue weighted by Gasteiger charge is -2.20. The Kier molecular flexibility index (Phi) is 5.49. The third-order valence-corrected chi connectivity index (χ3v) is 5.78. The van der Waals surface area contributed by atoms with Crippen molar-refractivity contribution in [2.75, 3.05) is 5.32 Å². The second-order valence-electron chi connectivity index (χ2n) is 6.79. The molecule has 0 saturated carbocycles. The third-order valence-electron chi connectivity index (χ3n) is 4.68. The van der Waals surface area contributed by atoms with Crippen molar-refractivity contribution in [2.24, 2.45) is 0 Å². The van der Waals surface area contributed by atoms with Crippen LogP contribution < -0.4 is 10.6 Å². The summed E-state index contributed by atoms with van der Waals surface area (Å²) < 4.78 is 0. The zero-order valence-electron chi connectivity index (χ0n) is 15.9. The van der Waals surface area contributed by atoms with Crippen molar-refractivity contribution >= 4 is 35.3 Å². The first kappa shape index (κ1) is 19.0. The number of carbonyl (C=O) groups is 2. The van der Waals surface area contributed by atoms with Crippen LogP contribution in [-0.4, -0.2) is 11.8 Å². The molecule has 0 saturated heterocycles. The average molecular weight is 401 g/mol. The molecule has 0 spiro atoms. The van der Waals surface area contributed by atoms with Gasteiger partial charge in [-0.15, -0.1) is 0 Å². The fourth-order valence-electron chi connectivity index (χ4n) is 3.11. The quantitative estimate of drug-likeness (QED) is 0.587. The predicted molar refractivity (Wildman–Crippen MR) is 118 cm³/mol. The first-order chi connectivity index (χ1) is 14.1. The van der Waals surface area contributed by atoms with Crippen LogP contribution in [-0.2, 0) is 4.79 Å². The van der Waals surface area contributed by atoms with Crippen molar-refractivity contribution in [2.45, 2.75) is 17.9 Å². The summed E-state index contributed by atoms with van der Waals surface area (Å²) in [5.74, 6) is -0.337. The molecule has 4 nitrogen and oxygen atoms in total. The van der Waals surface area contributed by atoms with Crippen LogP contribution in [0.15, 0.2) is 88.7 Å². The highest BCUT2D eigenvalue weighted by Crippen LogP contribution is 2.39. The van der Waals surface area contributed by atoms with Gasteiger partial charge >= 0.3 is 0 Å². The fourth-order valence-corrected chi connectivity index (χ4v) is 4.04. The van der Waals surface area contributed by atoms with Gasteiger partial charge in [-0.2, -0.15) is 0 Å². The van der Waals surface area contributed by atoms with Gasteiger partial charge < -0.3 is 10.6 Å². The molecule has 3 aromatic rings. The van der Waals surface area contributed by atoms with Crippen LogP contribution in [0.25, 0.3) is 6.08 Å². The largest absolute Gasteiger partial charge is 0.346 e. The van der Waals surface area contributed by atoms with Crippen molar-refractivity contribution < 1.29 is 9.59 Å². The van der Waals surface area contributed by atoms with E-state index in [0.29, 0.717) is 16.2 Å². The fraction of sp³-hybridized carbons (Fsp3) is 0.0833. The van der Waals surface area contributed by atoms with E-state index in [2.05, 4.69) is 10.6 Å². The van der Waals surface area contributed by atoms with Gasteiger partial charge in [0, 0.05) is 10.5 Å². The first-order valence-corrected chi connectivity index (χ1v) is 10.2. The minimum atomic E-state index is -0.172. The van der Waals surface area contributed by atoms with E-state index in [1.54, 1.807) is 12.1 Å². The molecule has 1 aliphatic rings.